The molecule has 5 heteroatoms. The third kappa shape index (κ3) is 5.07. The molecule has 1 heterocycles. The second-order valence-electron chi connectivity index (χ2n) is 6.53. The molecular formula is C21H29NO3S. The summed E-state index contributed by atoms with van der Waals surface area (Å²) in [5.74, 6) is -0.382. The van der Waals surface area contributed by atoms with Gasteiger partial charge in [0.2, 0.25) is 5.91 Å². The quantitative estimate of drug-likeness (QED) is 0.408. The number of unbranched alkanes of at least 4 members (excludes halogenated alkanes) is 2. The van der Waals surface area contributed by atoms with E-state index in [0.717, 1.165) is 48.6 Å². The molecule has 1 aromatic carbocycles. The third-order valence-electron chi connectivity index (χ3n) is 4.54. The lowest BCUT2D eigenvalue weighted by Crippen LogP contribution is -2.23. The molecular weight excluding hydrogens is 346 g/mol. The van der Waals surface area contributed by atoms with E-state index in [1.54, 1.807) is 0 Å². The van der Waals surface area contributed by atoms with Crippen molar-refractivity contribution in [3.63, 3.8) is 0 Å². The van der Waals surface area contributed by atoms with Crippen molar-refractivity contribution in [2.24, 2.45) is 5.92 Å². The average Bonchev–Trinajstić information content (AvgIpc) is 3.00. The molecule has 1 atom stereocenters. The van der Waals surface area contributed by atoms with E-state index in [1.165, 1.54) is 11.3 Å². The van der Waals surface area contributed by atoms with Gasteiger partial charge in [0.25, 0.3) is 0 Å². The molecule has 1 unspecified atom stereocenters. The Morgan fingerprint density at radius 1 is 1.12 bits per heavy atom. The first kappa shape index (κ1) is 20.4. The van der Waals surface area contributed by atoms with E-state index in [9.17, 15) is 9.59 Å². The first-order chi connectivity index (χ1) is 12.6. The number of thiophene rings is 1. The predicted molar refractivity (Wildman–Crippen MR) is 109 cm³/mol. The van der Waals surface area contributed by atoms with Crippen molar-refractivity contribution in [1.29, 1.82) is 0 Å². The Labute approximate surface area is 159 Å². The highest BCUT2D eigenvalue weighted by molar-refractivity contribution is 7.23. The van der Waals surface area contributed by atoms with Gasteiger partial charge in [0.05, 0.1) is 6.61 Å². The van der Waals surface area contributed by atoms with Crippen LogP contribution in [0, 0.1) is 5.92 Å². The molecule has 0 fully saturated rings. The number of esters is 1. The molecule has 1 amide bonds. The van der Waals surface area contributed by atoms with Crippen LogP contribution in [0.1, 0.15) is 69.7 Å². The highest BCUT2D eigenvalue weighted by Crippen LogP contribution is 2.36. The van der Waals surface area contributed by atoms with Crippen molar-refractivity contribution >= 4 is 38.3 Å². The molecule has 26 heavy (non-hydrogen) atoms. The number of carbonyl (C=O) groups excluding carboxylic acids is 2. The highest BCUT2D eigenvalue weighted by Gasteiger charge is 2.24. The van der Waals surface area contributed by atoms with Crippen molar-refractivity contribution in [1.82, 2.24) is 0 Å². The Bertz CT molecular complexity index is 738. The Balaban J connectivity index is 2.26. The number of nitrogens with one attached hydrogen (secondary N) is 1. The van der Waals surface area contributed by atoms with Crippen LogP contribution >= 0.6 is 11.3 Å². The van der Waals surface area contributed by atoms with E-state index in [2.05, 4.69) is 19.2 Å². The zero-order valence-electron chi connectivity index (χ0n) is 16.0. The van der Waals surface area contributed by atoms with E-state index < -0.39 is 0 Å². The van der Waals surface area contributed by atoms with Gasteiger partial charge in [0.1, 0.15) is 10.6 Å². The predicted octanol–water partition coefficient (Wildman–Crippen LogP) is 6.01. The van der Waals surface area contributed by atoms with Gasteiger partial charge in [-0.3, -0.25) is 4.79 Å². The lowest BCUT2D eigenvalue weighted by molar-refractivity contribution is -0.120. The number of carbonyl (C=O) groups is 2. The van der Waals surface area contributed by atoms with Crippen LogP contribution in [0.5, 0.6) is 0 Å². The minimum absolute atomic E-state index is 0.00452. The second-order valence-corrected chi connectivity index (χ2v) is 7.58. The van der Waals surface area contributed by atoms with E-state index in [1.807, 2.05) is 31.2 Å². The van der Waals surface area contributed by atoms with E-state index in [4.69, 9.17) is 4.74 Å². The normalized spacial score (nSPS) is 12.1. The van der Waals surface area contributed by atoms with Crippen molar-refractivity contribution < 1.29 is 14.3 Å². The molecule has 2 aromatic rings. The molecule has 0 saturated heterocycles. The smallest absolute Gasteiger partial charge is 0.341 e. The molecule has 0 bridgehead atoms. The second kappa shape index (κ2) is 10.3. The van der Waals surface area contributed by atoms with Crippen LogP contribution in [-0.4, -0.2) is 18.5 Å². The summed E-state index contributed by atoms with van der Waals surface area (Å²) in [5, 5.41) is 4.46. The summed E-state index contributed by atoms with van der Waals surface area (Å²) in [4.78, 5) is 25.3. The topological polar surface area (TPSA) is 55.4 Å². The summed E-state index contributed by atoms with van der Waals surface area (Å²) in [6.07, 6.45) is 5.58. The zero-order chi connectivity index (χ0) is 18.9. The molecule has 142 valence electrons. The van der Waals surface area contributed by atoms with Crippen LogP contribution in [0.25, 0.3) is 10.1 Å². The van der Waals surface area contributed by atoms with Crippen molar-refractivity contribution in [3.05, 3.63) is 29.8 Å². The summed E-state index contributed by atoms with van der Waals surface area (Å²) in [5.41, 5.74) is 0.486. The highest BCUT2D eigenvalue weighted by atomic mass is 32.1. The number of rotatable bonds is 10. The molecule has 0 radical (unpaired) electrons. The minimum atomic E-state index is -0.354. The summed E-state index contributed by atoms with van der Waals surface area (Å²) in [6.45, 7) is 6.62. The molecule has 0 saturated carbocycles. The van der Waals surface area contributed by atoms with Crippen LogP contribution in [0.2, 0.25) is 0 Å². The van der Waals surface area contributed by atoms with Gasteiger partial charge in [-0.05, 0) is 25.3 Å². The van der Waals surface area contributed by atoms with Gasteiger partial charge in [-0.2, -0.15) is 0 Å². The van der Waals surface area contributed by atoms with Crippen LogP contribution in [0.4, 0.5) is 5.00 Å². The maximum Gasteiger partial charge on any atom is 0.341 e. The van der Waals surface area contributed by atoms with Gasteiger partial charge in [-0.25, -0.2) is 4.79 Å². The van der Waals surface area contributed by atoms with Gasteiger partial charge in [0.15, 0.2) is 0 Å². The molecule has 0 aliphatic heterocycles. The Kier molecular flexibility index (Phi) is 8.10. The maximum absolute atomic E-state index is 12.7. The lowest BCUT2D eigenvalue weighted by Gasteiger charge is -2.14. The first-order valence-electron chi connectivity index (χ1n) is 9.61. The number of ether oxygens (including phenoxy) is 1. The summed E-state index contributed by atoms with van der Waals surface area (Å²) >= 11 is 1.44. The number of hydrogen-bond donors (Lipinski definition) is 1. The van der Waals surface area contributed by atoms with E-state index in [0.29, 0.717) is 17.2 Å². The standard InChI is InChI=1S/C21H29NO3S/c1-4-7-11-15(6-3)19(23)22-20-18(21(24)25-14-8-5-2)16-12-9-10-13-17(16)26-20/h9-10,12-13,15H,4-8,11,14H2,1-3H3,(H,22,23). The lowest BCUT2D eigenvalue weighted by atomic mass is 9.98. The maximum atomic E-state index is 12.7. The monoisotopic (exact) mass is 375 g/mol. The van der Waals surface area contributed by atoms with E-state index in [-0.39, 0.29) is 17.8 Å². The Hall–Kier alpha value is -1.88. The van der Waals surface area contributed by atoms with Gasteiger partial charge >= 0.3 is 5.97 Å². The van der Waals surface area contributed by atoms with Crippen molar-refractivity contribution in [3.8, 4) is 0 Å². The number of amides is 1. The van der Waals surface area contributed by atoms with Gasteiger partial charge < -0.3 is 10.1 Å². The average molecular weight is 376 g/mol. The van der Waals surface area contributed by atoms with Crippen molar-refractivity contribution in [2.75, 3.05) is 11.9 Å². The summed E-state index contributed by atoms with van der Waals surface area (Å²) < 4.78 is 6.40. The Morgan fingerprint density at radius 3 is 2.54 bits per heavy atom. The molecule has 1 aromatic heterocycles. The largest absolute Gasteiger partial charge is 0.462 e. The third-order valence-corrected chi connectivity index (χ3v) is 5.62. The summed E-state index contributed by atoms with van der Waals surface area (Å²) in [6, 6.07) is 7.71. The fourth-order valence-corrected chi connectivity index (χ4v) is 4.00. The number of hydrogen-bond acceptors (Lipinski definition) is 4. The fourth-order valence-electron chi connectivity index (χ4n) is 2.90. The van der Waals surface area contributed by atoms with Crippen LogP contribution < -0.4 is 5.32 Å². The fraction of sp³-hybridized carbons (Fsp3) is 0.524. The van der Waals surface area contributed by atoms with Crippen molar-refractivity contribution in [2.45, 2.75) is 59.3 Å². The van der Waals surface area contributed by atoms with Gasteiger partial charge in [0, 0.05) is 16.0 Å². The molecule has 4 nitrogen and oxygen atoms in total. The van der Waals surface area contributed by atoms with Crippen LogP contribution in [0.15, 0.2) is 24.3 Å². The van der Waals surface area contributed by atoms with E-state index >= 15 is 0 Å². The number of fused-ring (bicyclic) bond motifs is 1. The molecule has 1 N–H and O–H groups in total. The van der Waals surface area contributed by atoms with Crippen LogP contribution in [0.3, 0.4) is 0 Å². The SMILES string of the molecule is CCCCOC(=O)c1c(NC(=O)C(CC)CCCC)sc2ccccc12. The van der Waals surface area contributed by atoms with Gasteiger partial charge in [-0.15, -0.1) is 11.3 Å². The Morgan fingerprint density at radius 2 is 1.85 bits per heavy atom. The molecule has 0 aliphatic rings. The summed E-state index contributed by atoms with van der Waals surface area (Å²) in [7, 11) is 0. The number of anilines is 1. The molecule has 0 spiro atoms. The molecule has 2 rings (SSSR count). The minimum Gasteiger partial charge on any atom is -0.462 e. The molecule has 0 aliphatic carbocycles. The zero-order valence-corrected chi connectivity index (χ0v) is 16.8. The first-order valence-corrected chi connectivity index (χ1v) is 10.4. The van der Waals surface area contributed by atoms with Gasteiger partial charge in [-0.1, -0.05) is 58.2 Å². The van der Waals surface area contributed by atoms with Crippen LogP contribution in [-0.2, 0) is 9.53 Å². The number of benzene rings is 1.